The number of hydrogen-bond acceptors (Lipinski definition) is 8. The van der Waals surface area contributed by atoms with Crippen molar-refractivity contribution in [2.24, 2.45) is 0 Å². The largest absolute Gasteiger partial charge is 0.491 e. The molecule has 0 spiro atoms. The zero-order valence-corrected chi connectivity index (χ0v) is 24.7. The molecule has 2 aromatic carbocycles. The lowest BCUT2D eigenvalue weighted by molar-refractivity contribution is -0.0637. The SMILES string of the molecule is CC(C)Oc1ccc(-c2nnc(-c3cc(F)c(OC[C@H]4COC(C)(C)N4C(=O)OC(C)(C)C)cc3Cl)s2)cc1. The molecule has 0 bridgehead atoms. The van der Waals surface area contributed by atoms with E-state index in [-0.39, 0.29) is 30.1 Å². The van der Waals surface area contributed by atoms with Crippen LogP contribution in [0.1, 0.15) is 48.5 Å². The van der Waals surface area contributed by atoms with Crippen LogP contribution in [0.15, 0.2) is 36.4 Å². The van der Waals surface area contributed by atoms with Gasteiger partial charge < -0.3 is 18.9 Å². The van der Waals surface area contributed by atoms with Gasteiger partial charge in [0.15, 0.2) is 11.6 Å². The fourth-order valence-corrected chi connectivity index (χ4v) is 5.25. The van der Waals surface area contributed by atoms with Gasteiger partial charge in [0.1, 0.15) is 33.7 Å². The number of rotatable bonds is 7. The zero-order chi connectivity index (χ0) is 28.5. The third kappa shape index (κ3) is 6.98. The summed E-state index contributed by atoms with van der Waals surface area (Å²) in [7, 11) is 0. The van der Waals surface area contributed by atoms with Crippen LogP contribution in [0.4, 0.5) is 9.18 Å². The number of carbonyl (C=O) groups excluding carboxylic acids is 1. The Morgan fingerprint density at radius 3 is 2.51 bits per heavy atom. The van der Waals surface area contributed by atoms with E-state index in [0.717, 1.165) is 11.3 Å². The second-order valence-corrected chi connectivity index (χ2v) is 12.3. The van der Waals surface area contributed by atoms with Gasteiger partial charge in [-0.25, -0.2) is 9.18 Å². The van der Waals surface area contributed by atoms with Crippen LogP contribution in [0.2, 0.25) is 5.02 Å². The minimum absolute atomic E-state index is 0.00522. The van der Waals surface area contributed by atoms with Crippen molar-refractivity contribution in [1.82, 2.24) is 15.1 Å². The summed E-state index contributed by atoms with van der Waals surface area (Å²) in [5, 5.41) is 9.88. The van der Waals surface area contributed by atoms with Crippen LogP contribution in [0.5, 0.6) is 11.5 Å². The van der Waals surface area contributed by atoms with Gasteiger partial charge in [-0.05, 0) is 78.8 Å². The van der Waals surface area contributed by atoms with Crippen LogP contribution in [-0.4, -0.2) is 57.9 Å². The number of carbonyl (C=O) groups is 1. The maximum atomic E-state index is 15.1. The Hall–Kier alpha value is -2.95. The molecule has 3 aromatic rings. The highest BCUT2D eigenvalue weighted by Crippen LogP contribution is 2.38. The van der Waals surface area contributed by atoms with E-state index in [1.807, 2.05) is 38.1 Å². The molecule has 1 aliphatic rings. The Morgan fingerprint density at radius 2 is 1.87 bits per heavy atom. The second-order valence-electron chi connectivity index (χ2n) is 10.9. The number of hydrogen-bond donors (Lipinski definition) is 0. The minimum atomic E-state index is -0.895. The van der Waals surface area contributed by atoms with Gasteiger partial charge in [-0.3, -0.25) is 4.90 Å². The van der Waals surface area contributed by atoms with E-state index in [2.05, 4.69) is 10.2 Å². The Labute approximate surface area is 237 Å². The number of aromatic nitrogens is 2. The molecular formula is C28H33ClFN3O5S. The standard InChI is InChI=1S/C28H33ClFN3O5S/c1-16(2)37-19-10-8-17(9-11-19)24-31-32-25(39-24)20-12-22(30)23(13-21(20)29)35-14-18-15-36-28(6,7)33(18)26(34)38-27(3,4)5/h8-13,16,18H,14-15H2,1-7H3/t18-/m0/s1. The van der Waals surface area contributed by atoms with Gasteiger partial charge in [0.25, 0.3) is 0 Å². The average molecular weight is 578 g/mol. The summed E-state index contributed by atoms with van der Waals surface area (Å²) in [6.07, 6.45) is -0.447. The van der Waals surface area contributed by atoms with Gasteiger partial charge in [0, 0.05) is 17.2 Å². The third-order valence-electron chi connectivity index (χ3n) is 5.75. The molecule has 0 saturated carbocycles. The first-order valence-electron chi connectivity index (χ1n) is 12.6. The molecular weight excluding hydrogens is 545 g/mol. The van der Waals surface area contributed by atoms with Gasteiger partial charge >= 0.3 is 6.09 Å². The van der Waals surface area contributed by atoms with Crippen molar-refractivity contribution in [3.05, 3.63) is 47.2 Å². The molecule has 11 heteroatoms. The third-order valence-corrected chi connectivity index (χ3v) is 7.06. The van der Waals surface area contributed by atoms with Crippen LogP contribution in [-0.2, 0) is 9.47 Å². The maximum absolute atomic E-state index is 15.1. The number of benzene rings is 2. The molecule has 0 radical (unpaired) electrons. The first kappa shape index (κ1) is 29.0. The second kappa shape index (κ2) is 11.3. The van der Waals surface area contributed by atoms with Crippen molar-refractivity contribution in [3.8, 4) is 32.6 Å². The summed E-state index contributed by atoms with van der Waals surface area (Å²) in [5.74, 6) is 0.118. The molecule has 2 heterocycles. The van der Waals surface area contributed by atoms with Gasteiger partial charge in [-0.2, -0.15) is 0 Å². The fourth-order valence-electron chi connectivity index (χ4n) is 4.07. The molecule has 8 nitrogen and oxygen atoms in total. The summed E-state index contributed by atoms with van der Waals surface area (Å²) in [5.41, 5.74) is -0.297. The topological polar surface area (TPSA) is 83.0 Å². The minimum Gasteiger partial charge on any atom is -0.491 e. The Kier molecular flexibility index (Phi) is 8.39. The quantitative estimate of drug-likeness (QED) is 0.293. The van der Waals surface area contributed by atoms with E-state index < -0.39 is 29.3 Å². The van der Waals surface area contributed by atoms with Crippen molar-refractivity contribution >= 4 is 29.0 Å². The predicted molar refractivity (Wildman–Crippen MR) is 149 cm³/mol. The lowest BCUT2D eigenvalue weighted by Gasteiger charge is -2.35. The lowest BCUT2D eigenvalue weighted by Crippen LogP contribution is -2.51. The van der Waals surface area contributed by atoms with Crippen LogP contribution < -0.4 is 9.47 Å². The smallest absolute Gasteiger partial charge is 0.413 e. The summed E-state index contributed by atoms with van der Waals surface area (Å²) >= 11 is 7.82. The summed E-state index contributed by atoms with van der Waals surface area (Å²) < 4.78 is 37.9. The van der Waals surface area contributed by atoms with E-state index in [1.165, 1.54) is 28.4 Å². The maximum Gasteiger partial charge on any atom is 0.413 e. The molecule has 1 aliphatic heterocycles. The van der Waals surface area contributed by atoms with Gasteiger partial charge in [-0.15, -0.1) is 10.2 Å². The Morgan fingerprint density at radius 1 is 1.21 bits per heavy atom. The van der Waals surface area contributed by atoms with Crippen molar-refractivity contribution < 1.29 is 28.1 Å². The summed E-state index contributed by atoms with van der Waals surface area (Å²) in [6, 6.07) is 9.75. The van der Waals surface area contributed by atoms with E-state index in [1.54, 1.807) is 34.6 Å². The predicted octanol–water partition coefficient (Wildman–Crippen LogP) is 7.20. The molecule has 39 heavy (non-hydrogen) atoms. The summed E-state index contributed by atoms with van der Waals surface area (Å²) in [6.45, 7) is 13.1. The van der Waals surface area contributed by atoms with Crippen LogP contribution in [0, 0.1) is 5.82 Å². The first-order chi connectivity index (χ1) is 18.2. The molecule has 0 unspecified atom stereocenters. The van der Waals surface area contributed by atoms with Crippen LogP contribution in [0.3, 0.4) is 0 Å². The number of amides is 1. The molecule has 1 atom stereocenters. The monoisotopic (exact) mass is 577 g/mol. The van der Waals surface area contributed by atoms with Crippen molar-refractivity contribution in [2.45, 2.75) is 71.9 Å². The molecule has 0 N–H and O–H groups in total. The highest BCUT2D eigenvalue weighted by atomic mass is 35.5. The molecule has 1 saturated heterocycles. The van der Waals surface area contributed by atoms with Crippen LogP contribution >= 0.6 is 22.9 Å². The van der Waals surface area contributed by atoms with Crippen molar-refractivity contribution in [1.29, 1.82) is 0 Å². The number of ether oxygens (including phenoxy) is 4. The van der Waals surface area contributed by atoms with Gasteiger partial charge in [0.2, 0.25) is 0 Å². The summed E-state index contributed by atoms with van der Waals surface area (Å²) in [4.78, 5) is 14.3. The van der Waals surface area contributed by atoms with Gasteiger partial charge in [-0.1, -0.05) is 22.9 Å². The highest BCUT2D eigenvalue weighted by molar-refractivity contribution is 7.18. The highest BCUT2D eigenvalue weighted by Gasteiger charge is 2.46. The molecule has 1 amide bonds. The molecule has 1 aromatic heterocycles. The normalized spacial score (nSPS) is 17.0. The van der Waals surface area contributed by atoms with Crippen molar-refractivity contribution in [3.63, 3.8) is 0 Å². The van der Waals surface area contributed by atoms with E-state index in [4.69, 9.17) is 30.5 Å². The van der Waals surface area contributed by atoms with E-state index >= 15 is 4.39 Å². The molecule has 4 rings (SSSR count). The first-order valence-corrected chi connectivity index (χ1v) is 13.8. The van der Waals surface area contributed by atoms with Gasteiger partial charge in [0.05, 0.1) is 23.8 Å². The van der Waals surface area contributed by atoms with E-state index in [0.29, 0.717) is 15.6 Å². The Balaban J connectivity index is 1.47. The zero-order valence-electron chi connectivity index (χ0n) is 23.1. The van der Waals surface area contributed by atoms with E-state index in [9.17, 15) is 4.79 Å². The van der Waals surface area contributed by atoms with Crippen LogP contribution in [0.25, 0.3) is 21.1 Å². The number of halogens is 2. The number of nitrogens with zero attached hydrogens (tertiary/aromatic N) is 3. The van der Waals surface area contributed by atoms with Crippen molar-refractivity contribution in [2.75, 3.05) is 13.2 Å². The molecule has 1 fully saturated rings. The fraction of sp³-hybridized carbons (Fsp3) is 0.464. The average Bonchev–Trinajstić information content (AvgIpc) is 3.42. The lowest BCUT2D eigenvalue weighted by atomic mass is 10.2. The molecule has 210 valence electrons. The Bertz CT molecular complexity index is 1320. The molecule has 0 aliphatic carbocycles.